The van der Waals surface area contributed by atoms with Crippen molar-refractivity contribution in [2.75, 3.05) is 7.11 Å². The highest BCUT2D eigenvalue weighted by Crippen LogP contribution is 2.35. The minimum atomic E-state index is -5.73. The van der Waals surface area contributed by atoms with Crippen molar-refractivity contribution in [1.29, 1.82) is 0 Å². The third kappa shape index (κ3) is 2.40. The predicted octanol–water partition coefficient (Wildman–Crippen LogP) is 1.47. The minimum Gasteiger partial charge on any atom is -0.507 e. The summed E-state index contributed by atoms with van der Waals surface area (Å²) in [5.41, 5.74) is -5.99. The molecule has 0 radical (unpaired) electrons. The first-order valence-electron chi connectivity index (χ1n) is 4.34. The van der Waals surface area contributed by atoms with Gasteiger partial charge in [-0.15, -0.1) is 0 Å². The number of sulfone groups is 1. The van der Waals surface area contributed by atoms with Gasteiger partial charge in [-0.1, -0.05) is 0 Å². The Balaban J connectivity index is 3.47. The molecule has 0 saturated carbocycles. The first-order valence-corrected chi connectivity index (χ1v) is 5.82. The monoisotopic (exact) mass is 284 g/mol. The van der Waals surface area contributed by atoms with Gasteiger partial charge < -0.3 is 9.84 Å². The number of ether oxygens (including phenoxy) is 1. The van der Waals surface area contributed by atoms with E-state index in [1.165, 1.54) is 0 Å². The van der Waals surface area contributed by atoms with Gasteiger partial charge in [0, 0.05) is 0 Å². The Labute approximate surface area is 99.7 Å². The van der Waals surface area contributed by atoms with Crippen molar-refractivity contribution in [3.05, 3.63) is 23.8 Å². The van der Waals surface area contributed by atoms with Crippen molar-refractivity contribution in [3.8, 4) is 5.75 Å². The molecule has 0 heterocycles. The first-order chi connectivity index (χ1) is 8.11. The molecule has 0 aliphatic carbocycles. The second kappa shape index (κ2) is 4.48. The molecular weight excluding hydrogens is 277 g/mol. The third-order valence-corrected chi connectivity index (χ3v) is 3.49. The molecule has 1 aromatic carbocycles. The van der Waals surface area contributed by atoms with Crippen molar-refractivity contribution in [2.24, 2.45) is 0 Å². The highest BCUT2D eigenvalue weighted by molar-refractivity contribution is 7.92. The van der Waals surface area contributed by atoms with Gasteiger partial charge >= 0.3 is 11.5 Å². The lowest BCUT2D eigenvalue weighted by atomic mass is 10.2. The van der Waals surface area contributed by atoms with Gasteiger partial charge in [-0.3, -0.25) is 0 Å². The number of alkyl halides is 3. The smallest absolute Gasteiger partial charge is 0.502 e. The Bertz CT molecular complexity index is 576. The van der Waals surface area contributed by atoms with Crippen LogP contribution in [0.2, 0.25) is 0 Å². The molecule has 1 N–H and O–H groups in total. The van der Waals surface area contributed by atoms with Crippen LogP contribution in [0.3, 0.4) is 0 Å². The van der Waals surface area contributed by atoms with E-state index in [-0.39, 0.29) is 0 Å². The van der Waals surface area contributed by atoms with Crippen LogP contribution in [-0.4, -0.2) is 32.1 Å². The Hall–Kier alpha value is -1.77. The number of halogens is 3. The average molecular weight is 284 g/mol. The number of rotatable bonds is 2. The fourth-order valence-electron chi connectivity index (χ4n) is 1.10. The molecule has 1 rings (SSSR count). The summed E-state index contributed by atoms with van der Waals surface area (Å²) in [6, 6.07) is 2.02. The number of hydrogen-bond donors (Lipinski definition) is 1. The first kappa shape index (κ1) is 14.3. The van der Waals surface area contributed by atoms with Crippen LogP contribution in [0.5, 0.6) is 5.75 Å². The summed E-state index contributed by atoms with van der Waals surface area (Å²) in [7, 11) is -4.75. The lowest BCUT2D eigenvalue weighted by Crippen LogP contribution is -2.23. The molecule has 18 heavy (non-hydrogen) atoms. The van der Waals surface area contributed by atoms with Crippen molar-refractivity contribution in [1.82, 2.24) is 0 Å². The molecule has 0 spiro atoms. The van der Waals surface area contributed by atoms with Crippen LogP contribution in [0.4, 0.5) is 13.2 Å². The maximum atomic E-state index is 12.3. The third-order valence-electron chi connectivity index (χ3n) is 1.98. The molecular formula is C9H7F3O5S. The molecule has 100 valence electrons. The maximum Gasteiger partial charge on any atom is 0.502 e. The number of carbonyl (C=O) groups is 1. The lowest BCUT2D eigenvalue weighted by Gasteiger charge is -2.10. The summed E-state index contributed by atoms with van der Waals surface area (Å²) in [4.78, 5) is 9.68. The van der Waals surface area contributed by atoms with E-state index in [4.69, 9.17) is 5.11 Å². The van der Waals surface area contributed by atoms with Crippen molar-refractivity contribution in [2.45, 2.75) is 10.4 Å². The van der Waals surface area contributed by atoms with Crippen LogP contribution in [-0.2, 0) is 14.6 Å². The molecule has 0 aliphatic rings. The summed E-state index contributed by atoms with van der Waals surface area (Å²) in [5, 5.41) is 9.16. The standard InChI is InChI=1S/C9H7F3O5S/c1-17-8(14)5-2-3-6(13)7(4-5)18(15,16)9(10,11)12/h2-4,13H,1H3. The van der Waals surface area contributed by atoms with Crippen LogP contribution in [0.15, 0.2) is 23.1 Å². The van der Waals surface area contributed by atoms with Crippen LogP contribution in [0, 0.1) is 0 Å². The van der Waals surface area contributed by atoms with Crippen LogP contribution in [0.1, 0.15) is 10.4 Å². The highest BCUT2D eigenvalue weighted by Gasteiger charge is 2.48. The second-order valence-electron chi connectivity index (χ2n) is 3.12. The number of carbonyl (C=O) groups excluding carboxylic acids is 1. The summed E-state index contributed by atoms with van der Waals surface area (Å²) in [6.45, 7) is 0. The molecule has 0 unspecified atom stereocenters. The molecule has 5 nitrogen and oxygen atoms in total. The Kier molecular flexibility index (Phi) is 3.56. The molecule has 1 aromatic rings. The van der Waals surface area contributed by atoms with Gasteiger partial charge in [0.15, 0.2) is 0 Å². The Morgan fingerprint density at radius 2 is 1.89 bits per heavy atom. The molecule has 0 bridgehead atoms. The van der Waals surface area contributed by atoms with Gasteiger partial charge in [0.1, 0.15) is 10.6 Å². The quantitative estimate of drug-likeness (QED) is 0.832. The van der Waals surface area contributed by atoms with Crippen LogP contribution >= 0.6 is 0 Å². The van der Waals surface area contributed by atoms with Gasteiger partial charge in [0.2, 0.25) is 0 Å². The van der Waals surface area contributed by atoms with Gasteiger partial charge in [0.05, 0.1) is 12.7 Å². The second-order valence-corrected chi connectivity index (χ2v) is 5.03. The number of phenols is 1. The number of benzene rings is 1. The fourth-order valence-corrected chi connectivity index (χ4v) is 1.97. The number of hydrogen-bond acceptors (Lipinski definition) is 5. The summed E-state index contributed by atoms with van der Waals surface area (Å²) in [6.07, 6.45) is 0. The molecule has 0 atom stereocenters. The molecule has 9 heteroatoms. The van der Waals surface area contributed by atoms with E-state index in [0.717, 1.165) is 13.2 Å². The number of aromatic hydroxyl groups is 1. The van der Waals surface area contributed by atoms with E-state index in [2.05, 4.69) is 4.74 Å². The number of methoxy groups -OCH3 is 1. The largest absolute Gasteiger partial charge is 0.507 e. The Morgan fingerprint density at radius 1 is 1.33 bits per heavy atom. The topological polar surface area (TPSA) is 80.7 Å². The van der Waals surface area contributed by atoms with E-state index in [1.807, 2.05) is 0 Å². The maximum absolute atomic E-state index is 12.3. The fraction of sp³-hybridized carbons (Fsp3) is 0.222. The van der Waals surface area contributed by atoms with E-state index < -0.39 is 37.5 Å². The van der Waals surface area contributed by atoms with Crippen molar-refractivity contribution >= 4 is 15.8 Å². The molecule has 0 saturated heterocycles. The molecule has 0 aromatic heterocycles. The van der Waals surface area contributed by atoms with Crippen LogP contribution in [0.25, 0.3) is 0 Å². The van der Waals surface area contributed by atoms with Crippen LogP contribution < -0.4 is 0 Å². The SMILES string of the molecule is COC(=O)c1ccc(O)c(S(=O)(=O)C(F)(F)F)c1. The normalized spacial score (nSPS) is 12.2. The van der Waals surface area contributed by atoms with Crippen molar-refractivity contribution < 1.29 is 36.2 Å². The highest BCUT2D eigenvalue weighted by atomic mass is 32.2. The summed E-state index contributed by atoms with van der Waals surface area (Å²) >= 11 is 0. The zero-order valence-corrected chi connectivity index (χ0v) is 9.67. The van der Waals surface area contributed by atoms with Gasteiger partial charge in [-0.25, -0.2) is 13.2 Å². The minimum absolute atomic E-state index is 0.407. The summed E-state index contributed by atoms with van der Waals surface area (Å²) in [5.74, 6) is -2.12. The molecule has 0 fully saturated rings. The Morgan fingerprint density at radius 3 is 2.33 bits per heavy atom. The van der Waals surface area contributed by atoms with Gasteiger partial charge in [-0.05, 0) is 18.2 Å². The zero-order valence-electron chi connectivity index (χ0n) is 8.85. The van der Waals surface area contributed by atoms with E-state index in [1.54, 1.807) is 0 Å². The lowest BCUT2D eigenvalue weighted by molar-refractivity contribution is -0.0437. The molecule has 0 amide bonds. The summed E-state index contributed by atoms with van der Waals surface area (Å²) < 4.78 is 63.3. The van der Waals surface area contributed by atoms with Crippen molar-refractivity contribution in [3.63, 3.8) is 0 Å². The number of phenolic OH excluding ortho intramolecular Hbond substituents is 1. The predicted molar refractivity (Wildman–Crippen MR) is 52.7 cm³/mol. The van der Waals surface area contributed by atoms with Gasteiger partial charge in [-0.2, -0.15) is 13.2 Å². The van der Waals surface area contributed by atoms with E-state index in [9.17, 15) is 26.4 Å². The van der Waals surface area contributed by atoms with Gasteiger partial charge in [0.25, 0.3) is 9.84 Å². The number of esters is 1. The molecule has 0 aliphatic heterocycles. The van der Waals surface area contributed by atoms with E-state index >= 15 is 0 Å². The zero-order chi connectivity index (χ0) is 14.1. The van der Waals surface area contributed by atoms with E-state index in [0.29, 0.717) is 12.1 Å². The average Bonchev–Trinajstić information content (AvgIpc) is 2.26.